The van der Waals surface area contributed by atoms with E-state index in [9.17, 15) is 0 Å². The lowest BCUT2D eigenvalue weighted by molar-refractivity contribution is 0.356. The van der Waals surface area contributed by atoms with Gasteiger partial charge in [-0.15, -0.1) is 0 Å². The monoisotopic (exact) mass is 282 g/mol. The van der Waals surface area contributed by atoms with Crippen molar-refractivity contribution in [1.29, 1.82) is 0 Å². The molecule has 0 fully saturated rings. The molecular formula is C15H18N6. The maximum atomic E-state index is 4.61. The van der Waals surface area contributed by atoms with Gasteiger partial charge in [0.1, 0.15) is 17.3 Å². The fourth-order valence-electron chi connectivity index (χ4n) is 2.92. The SMILES string of the molecule is Cc1nc2n(n1)C[C@@H](NCc1cn3ccccc3n1)CC2. The second kappa shape index (κ2) is 4.96. The zero-order valence-electron chi connectivity index (χ0n) is 12.0. The van der Waals surface area contributed by atoms with Crippen LogP contribution in [0, 0.1) is 6.92 Å². The van der Waals surface area contributed by atoms with E-state index in [0.717, 1.165) is 48.9 Å². The molecular weight excluding hydrogens is 264 g/mol. The second-order valence-corrected chi connectivity index (χ2v) is 5.57. The zero-order valence-corrected chi connectivity index (χ0v) is 12.0. The highest BCUT2D eigenvalue weighted by molar-refractivity contribution is 5.39. The van der Waals surface area contributed by atoms with Crippen LogP contribution in [0.25, 0.3) is 5.65 Å². The molecule has 4 rings (SSSR count). The summed E-state index contributed by atoms with van der Waals surface area (Å²) in [6.45, 7) is 3.63. The molecule has 0 aromatic carbocycles. The number of fused-ring (bicyclic) bond motifs is 2. The van der Waals surface area contributed by atoms with E-state index in [1.165, 1.54) is 0 Å². The molecule has 1 aliphatic rings. The summed E-state index contributed by atoms with van der Waals surface area (Å²) in [5.74, 6) is 1.98. The molecule has 1 N–H and O–H groups in total. The smallest absolute Gasteiger partial charge is 0.147 e. The first-order valence-corrected chi connectivity index (χ1v) is 7.34. The minimum Gasteiger partial charge on any atom is -0.307 e. The van der Waals surface area contributed by atoms with Crippen LogP contribution in [0.1, 0.15) is 23.8 Å². The Kier molecular flexibility index (Phi) is 2.96. The van der Waals surface area contributed by atoms with E-state index < -0.39 is 0 Å². The van der Waals surface area contributed by atoms with E-state index in [1.54, 1.807) is 0 Å². The van der Waals surface area contributed by atoms with Crippen LogP contribution in [0.15, 0.2) is 30.6 Å². The average Bonchev–Trinajstić information content (AvgIpc) is 3.06. The number of pyridine rings is 1. The van der Waals surface area contributed by atoms with E-state index in [0.29, 0.717) is 6.04 Å². The van der Waals surface area contributed by atoms with Crippen LogP contribution in [-0.2, 0) is 19.5 Å². The summed E-state index contributed by atoms with van der Waals surface area (Å²) in [5.41, 5.74) is 2.06. The molecule has 4 heterocycles. The number of rotatable bonds is 3. The van der Waals surface area contributed by atoms with Gasteiger partial charge in [0.05, 0.1) is 12.2 Å². The summed E-state index contributed by atoms with van der Waals surface area (Å²) in [6.07, 6.45) is 6.20. The predicted molar refractivity (Wildman–Crippen MR) is 78.9 cm³/mol. The molecule has 0 saturated carbocycles. The number of hydrogen-bond donors (Lipinski definition) is 1. The van der Waals surface area contributed by atoms with Crippen molar-refractivity contribution in [3.63, 3.8) is 0 Å². The molecule has 0 bridgehead atoms. The summed E-state index contributed by atoms with van der Waals surface area (Å²) >= 11 is 0. The Balaban J connectivity index is 1.43. The standard InChI is InChI=1S/C15H18N6/c1-11-17-15-6-5-12(10-21(15)19-11)16-8-13-9-20-7-3-2-4-14(20)18-13/h2-4,7,9,12,16H,5-6,8,10H2,1H3/t12-/m0/s1. The Labute approximate surface area is 122 Å². The molecule has 0 saturated heterocycles. The molecule has 6 heteroatoms. The number of aromatic nitrogens is 5. The molecule has 6 nitrogen and oxygen atoms in total. The van der Waals surface area contributed by atoms with Gasteiger partial charge in [0.25, 0.3) is 0 Å². The van der Waals surface area contributed by atoms with E-state index >= 15 is 0 Å². The van der Waals surface area contributed by atoms with Crippen LogP contribution in [0.4, 0.5) is 0 Å². The topological polar surface area (TPSA) is 60.0 Å². The third-order valence-electron chi connectivity index (χ3n) is 3.95. The normalized spacial score (nSPS) is 18.0. The van der Waals surface area contributed by atoms with Crippen LogP contribution >= 0.6 is 0 Å². The molecule has 0 spiro atoms. The van der Waals surface area contributed by atoms with Gasteiger partial charge in [-0.25, -0.2) is 14.6 Å². The number of nitrogens with zero attached hydrogens (tertiary/aromatic N) is 5. The Morgan fingerprint density at radius 2 is 2.29 bits per heavy atom. The highest BCUT2D eigenvalue weighted by atomic mass is 15.4. The van der Waals surface area contributed by atoms with Crippen LogP contribution in [0.5, 0.6) is 0 Å². The maximum Gasteiger partial charge on any atom is 0.147 e. The van der Waals surface area contributed by atoms with Gasteiger partial charge in [-0.2, -0.15) is 5.10 Å². The molecule has 3 aromatic heterocycles. The highest BCUT2D eigenvalue weighted by Crippen LogP contribution is 2.13. The Hall–Kier alpha value is -2.21. The van der Waals surface area contributed by atoms with Crippen molar-refractivity contribution in [2.24, 2.45) is 0 Å². The summed E-state index contributed by atoms with van der Waals surface area (Å²) < 4.78 is 4.08. The van der Waals surface area contributed by atoms with Gasteiger partial charge in [0.15, 0.2) is 0 Å². The largest absolute Gasteiger partial charge is 0.307 e. The van der Waals surface area contributed by atoms with Gasteiger partial charge in [-0.3, -0.25) is 0 Å². The quantitative estimate of drug-likeness (QED) is 0.787. The molecule has 21 heavy (non-hydrogen) atoms. The lowest BCUT2D eigenvalue weighted by Crippen LogP contribution is -2.37. The summed E-state index contributed by atoms with van der Waals surface area (Å²) in [5, 5.41) is 8.02. The van der Waals surface area contributed by atoms with Crippen LogP contribution < -0.4 is 5.32 Å². The summed E-state index contributed by atoms with van der Waals surface area (Å²) in [4.78, 5) is 9.05. The predicted octanol–water partition coefficient (Wildman–Crippen LogP) is 1.34. The Morgan fingerprint density at radius 1 is 1.33 bits per heavy atom. The first kappa shape index (κ1) is 12.5. The first-order valence-electron chi connectivity index (χ1n) is 7.34. The van der Waals surface area contributed by atoms with Gasteiger partial charge in [-0.1, -0.05) is 6.07 Å². The van der Waals surface area contributed by atoms with Gasteiger partial charge in [0.2, 0.25) is 0 Å². The molecule has 1 aliphatic heterocycles. The van der Waals surface area contributed by atoms with Crippen molar-refractivity contribution in [3.05, 3.63) is 47.9 Å². The Bertz CT molecular complexity index is 738. The van der Waals surface area contributed by atoms with Crippen molar-refractivity contribution >= 4 is 5.65 Å². The summed E-state index contributed by atoms with van der Waals surface area (Å²) in [7, 11) is 0. The van der Waals surface area contributed by atoms with Crippen molar-refractivity contribution in [3.8, 4) is 0 Å². The van der Waals surface area contributed by atoms with Crippen molar-refractivity contribution in [1.82, 2.24) is 29.5 Å². The molecule has 3 aromatic rings. The minimum atomic E-state index is 0.434. The van der Waals surface area contributed by atoms with Gasteiger partial charge in [0, 0.05) is 31.4 Å². The average molecular weight is 282 g/mol. The fraction of sp³-hybridized carbons (Fsp3) is 0.400. The third kappa shape index (κ3) is 2.42. The van der Waals surface area contributed by atoms with E-state index in [-0.39, 0.29) is 0 Å². The van der Waals surface area contributed by atoms with Gasteiger partial charge in [-0.05, 0) is 25.5 Å². The molecule has 0 amide bonds. The number of aryl methyl sites for hydroxylation is 2. The van der Waals surface area contributed by atoms with E-state index in [2.05, 4.69) is 31.0 Å². The zero-order chi connectivity index (χ0) is 14.2. The van der Waals surface area contributed by atoms with Crippen molar-refractivity contribution < 1.29 is 0 Å². The summed E-state index contributed by atoms with van der Waals surface area (Å²) in [6, 6.07) is 6.48. The van der Waals surface area contributed by atoms with E-state index in [4.69, 9.17) is 0 Å². The maximum absolute atomic E-state index is 4.61. The molecule has 1 atom stereocenters. The van der Waals surface area contributed by atoms with Crippen LogP contribution in [0.3, 0.4) is 0 Å². The van der Waals surface area contributed by atoms with Crippen molar-refractivity contribution in [2.45, 2.75) is 38.9 Å². The van der Waals surface area contributed by atoms with Crippen LogP contribution in [-0.4, -0.2) is 30.2 Å². The number of imidazole rings is 1. The highest BCUT2D eigenvalue weighted by Gasteiger charge is 2.20. The third-order valence-corrected chi connectivity index (χ3v) is 3.95. The lowest BCUT2D eigenvalue weighted by atomic mass is 10.1. The van der Waals surface area contributed by atoms with Gasteiger partial charge < -0.3 is 9.72 Å². The van der Waals surface area contributed by atoms with Crippen LogP contribution in [0.2, 0.25) is 0 Å². The molecule has 0 radical (unpaired) electrons. The van der Waals surface area contributed by atoms with Crippen molar-refractivity contribution in [2.75, 3.05) is 0 Å². The number of nitrogens with one attached hydrogen (secondary N) is 1. The number of hydrogen-bond acceptors (Lipinski definition) is 4. The molecule has 108 valence electrons. The second-order valence-electron chi connectivity index (χ2n) is 5.57. The Morgan fingerprint density at radius 3 is 3.19 bits per heavy atom. The fourth-order valence-corrected chi connectivity index (χ4v) is 2.92. The van der Waals surface area contributed by atoms with E-state index in [1.807, 2.05) is 36.0 Å². The van der Waals surface area contributed by atoms with Gasteiger partial charge >= 0.3 is 0 Å². The first-order chi connectivity index (χ1) is 10.3. The molecule has 0 aliphatic carbocycles. The minimum absolute atomic E-state index is 0.434. The lowest BCUT2D eigenvalue weighted by Gasteiger charge is -2.23. The molecule has 0 unspecified atom stereocenters.